The molecule has 1 heterocycles. The highest BCUT2D eigenvalue weighted by molar-refractivity contribution is 7.99. The second-order valence-electron chi connectivity index (χ2n) is 4.37. The lowest BCUT2D eigenvalue weighted by Crippen LogP contribution is -2.15. The molecule has 0 radical (unpaired) electrons. The van der Waals surface area contributed by atoms with E-state index in [1.54, 1.807) is 23.9 Å². The third kappa shape index (κ3) is 5.11. The van der Waals surface area contributed by atoms with Gasteiger partial charge in [0.15, 0.2) is 0 Å². The van der Waals surface area contributed by atoms with Crippen molar-refractivity contribution >= 4 is 23.5 Å². The number of methoxy groups -OCH3 is 1. The van der Waals surface area contributed by atoms with Gasteiger partial charge in [0, 0.05) is 6.04 Å². The zero-order valence-electron chi connectivity index (χ0n) is 12.0. The van der Waals surface area contributed by atoms with E-state index in [4.69, 9.17) is 4.74 Å². The summed E-state index contributed by atoms with van der Waals surface area (Å²) in [6.07, 6.45) is 2.07. The molecule has 4 nitrogen and oxygen atoms in total. The standard InChI is InChI=1S/C14H22N2O2S/c1-5-7-19-13-9-11(14(17)18-4)8-12(16-13)15-10(3)6-2/h8-10H,5-7H2,1-4H3,(H,15,16). The first kappa shape index (κ1) is 15.8. The highest BCUT2D eigenvalue weighted by Crippen LogP contribution is 2.22. The molecule has 0 spiro atoms. The Labute approximate surface area is 119 Å². The number of rotatable bonds is 7. The van der Waals surface area contributed by atoms with Crippen LogP contribution in [0.2, 0.25) is 0 Å². The molecule has 1 aromatic heterocycles. The van der Waals surface area contributed by atoms with Crippen LogP contribution in [0.15, 0.2) is 17.2 Å². The normalized spacial score (nSPS) is 12.0. The SMILES string of the molecule is CCCSc1cc(C(=O)OC)cc(NC(C)CC)n1. The highest BCUT2D eigenvalue weighted by atomic mass is 32.2. The molecule has 1 N–H and O–H groups in total. The third-order valence-electron chi connectivity index (χ3n) is 2.68. The number of anilines is 1. The van der Waals surface area contributed by atoms with E-state index in [0.717, 1.165) is 29.4 Å². The van der Waals surface area contributed by atoms with Crippen LogP contribution in [0.4, 0.5) is 5.82 Å². The van der Waals surface area contributed by atoms with Gasteiger partial charge in [0.1, 0.15) is 5.82 Å². The minimum Gasteiger partial charge on any atom is -0.465 e. The van der Waals surface area contributed by atoms with Crippen LogP contribution in [0.25, 0.3) is 0 Å². The fraction of sp³-hybridized carbons (Fsp3) is 0.571. The second-order valence-corrected chi connectivity index (χ2v) is 5.49. The summed E-state index contributed by atoms with van der Waals surface area (Å²) in [6.45, 7) is 6.31. The predicted octanol–water partition coefficient (Wildman–Crippen LogP) is 3.58. The van der Waals surface area contributed by atoms with Gasteiger partial charge >= 0.3 is 5.97 Å². The van der Waals surface area contributed by atoms with Crippen LogP contribution in [0, 0.1) is 0 Å². The van der Waals surface area contributed by atoms with Crippen molar-refractivity contribution in [3.63, 3.8) is 0 Å². The van der Waals surface area contributed by atoms with Gasteiger partial charge < -0.3 is 10.1 Å². The van der Waals surface area contributed by atoms with Crippen molar-refractivity contribution in [2.75, 3.05) is 18.2 Å². The van der Waals surface area contributed by atoms with Crippen LogP contribution < -0.4 is 5.32 Å². The molecule has 0 aliphatic heterocycles. The summed E-state index contributed by atoms with van der Waals surface area (Å²) in [5.41, 5.74) is 0.543. The Kier molecular flexibility index (Phi) is 6.70. The Bertz CT molecular complexity index is 424. The van der Waals surface area contributed by atoms with Crippen molar-refractivity contribution in [1.82, 2.24) is 4.98 Å². The third-order valence-corrected chi connectivity index (χ3v) is 3.80. The minimum atomic E-state index is -0.326. The van der Waals surface area contributed by atoms with E-state index in [9.17, 15) is 4.79 Å². The highest BCUT2D eigenvalue weighted by Gasteiger charge is 2.11. The number of carbonyl (C=O) groups excluding carboxylic acids is 1. The van der Waals surface area contributed by atoms with Gasteiger partial charge in [0.25, 0.3) is 0 Å². The number of nitrogens with zero attached hydrogens (tertiary/aromatic N) is 1. The maximum Gasteiger partial charge on any atom is 0.338 e. The van der Waals surface area contributed by atoms with Crippen LogP contribution >= 0.6 is 11.8 Å². The van der Waals surface area contributed by atoms with Crippen molar-refractivity contribution in [1.29, 1.82) is 0 Å². The summed E-state index contributed by atoms with van der Waals surface area (Å²) in [6, 6.07) is 3.85. The van der Waals surface area contributed by atoms with Crippen LogP contribution in [0.5, 0.6) is 0 Å². The van der Waals surface area contributed by atoms with Crippen molar-refractivity contribution in [2.45, 2.75) is 44.7 Å². The molecule has 1 unspecified atom stereocenters. The fourth-order valence-electron chi connectivity index (χ4n) is 1.45. The van der Waals surface area contributed by atoms with Crippen molar-refractivity contribution in [3.8, 4) is 0 Å². The van der Waals surface area contributed by atoms with Crippen LogP contribution in [-0.4, -0.2) is 29.9 Å². The Balaban J connectivity index is 2.97. The Morgan fingerprint density at radius 3 is 2.79 bits per heavy atom. The molecule has 19 heavy (non-hydrogen) atoms. The molecule has 106 valence electrons. The van der Waals surface area contributed by atoms with E-state index < -0.39 is 0 Å². The number of hydrogen-bond donors (Lipinski definition) is 1. The lowest BCUT2D eigenvalue weighted by atomic mass is 10.2. The summed E-state index contributed by atoms with van der Waals surface area (Å²) in [5, 5.41) is 4.15. The van der Waals surface area contributed by atoms with Gasteiger partial charge in [-0.05, 0) is 37.7 Å². The maximum absolute atomic E-state index is 11.7. The van der Waals surface area contributed by atoms with Gasteiger partial charge in [-0.3, -0.25) is 0 Å². The molecule has 0 bridgehead atoms. The molecule has 0 aliphatic carbocycles. The van der Waals surface area contributed by atoms with Crippen LogP contribution in [0.1, 0.15) is 44.0 Å². The van der Waals surface area contributed by atoms with E-state index in [1.165, 1.54) is 7.11 Å². The number of thioether (sulfide) groups is 1. The van der Waals surface area contributed by atoms with Crippen molar-refractivity contribution in [3.05, 3.63) is 17.7 Å². The first-order valence-electron chi connectivity index (χ1n) is 6.60. The van der Waals surface area contributed by atoms with Crippen LogP contribution in [0.3, 0.4) is 0 Å². The average molecular weight is 282 g/mol. The molecule has 1 atom stereocenters. The first-order chi connectivity index (χ1) is 9.10. The summed E-state index contributed by atoms with van der Waals surface area (Å²) in [4.78, 5) is 16.2. The van der Waals surface area contributed by atoms with E-state index >= 15 is 0 Å². The van der Waals surface area contributed by atoms with Gasteiger partial charge in [-0.1, -0.05) is 13.8 Å². The largest absolute Gasteiger partial charge is 0.465 e. The summed E-state index contributed by atoms with van der Waals surface area (Å²) in [5.74, 6) is 1.39. The number of nitrogens with one attached hydrogen (secondary N) is 1. The Hall–Kier alpha value is -1.23. The van der Waals surface area contributed by atoms with Gasteiger partial charge in [0.05, 0.1) is 17.7 Å². The number of aromatic nitrogens is 1. The van der Waals surface area contributed by atoms with E-state index in [-0.39, 0.29) is 5.97 Å². The molecule has 0 aliphatic rings. The first-order valence-corrected chi connectivity index (χ1v) is 7.59. The number of hydrogen-bond acceptors (Lipinski definition) is 5. The molecule has 0 saturated carbocycles. The lowest BCUT2D eigenvalue weighted by molar-refractivity contribution is 0.0600. The number of esters is 1. The molecule has 0 aromatic carbocycles. The molecule has 0 amide bonds. The van der Waals surface area contributed by atoms with E-state index in [2.05, 4.69) is 31.1 Å². The summed E-state index contributed by atoms with van der Waals surface area (Å²) >= 11 is 1.65. The smallest absolute Gasteiger partial charge is 0.338 e. The Morgan fingerprint density at radius 2 is 2.21 bits per heavy atom. The predicted molar refractivity (Wildman–Crippen MR) is 80.0 cm³/mol. The molecule has 1 aromatic rings. The van der Waals surface area contributed by atoms with Gasteiger partial charge in [-0.25, -0.2) is 9.78 Å². The average Bonchev–Trinajstić information content (AvgIpc) is 2.43. The van der Waals surface area contributed by atoms with E-state index in [1.807, 2.05) is 0 Å². The minimum absolute atomic E-state index is 0.324. The van der Waals surface area contributed by atoms with Gasteiger partial charge in [-0.15, -0.1) is 11.8 Å². The summed E-state index contributed by atoms with van der Waals surface area (Å²) < 4.78 is 4.78. The van der Waals surface area contributed by atoms with Gasteiger partial charge in [-0.2, -0.15) is 0 Å². The number of ether oxygens (including phenoxy) is 1. The van der Waals surface area contributed by atoms with Gasteiger partial charge in [0.2, 0.25) is 0 Å². The topological polar surface area (TPSA) is 51.2 Å². The monoisotopic (exact) mass is 282 g/mol. The number of carbonyl (C=O) groups is 1. The molecule has 1 rings (SSSR count). The zero-order chi connectivity index (χ0) is 14.3. The Morgan fingerprint density at radius 1 is 1.47 bits per heavy atom. The number of pyridine rings is 1. The van der Waals surface area contributed by atoms with Crippen molar-refractivity contribution in [2.24, 2.45) is 0 Å². The quantitative estimate of drug-likeness (QED) is 0.612. The maximum atomic E-state index is 11.7. The molecular formula is C14H22N2O2S. The zero-order valence-corrected chi connectivity index (χ0v) is 12.8. The second kappa shape index (κ2) is 8.04. The molecule has 0 fully saturated rings. The van der Waals surface area contributed by atoms with Crippen LogP contribution in [-0.2, 0) is 4.74 Å². The summed E-state index contributed by atoms with van der Waals surface area (Å²) in [7, 11) is 1.39. The molecular weight excluding hydrogens is 260 g/mol. The van der Waals surface area contributed by atoms with Crippen molar-refractivity contribution < 1.29 is 9.53 Å². The molecule has 5 heteroatoms. The lowest BCUT2D eigenvalue weighted by Gasteiger charge is -2.14. The molecule has 0 saturated heterocycles. The fourth-order valence-corrected chi connectivity index (χ4v) is 2.24. The van der Waals surface area contributed by atoms with E-state index in [0.29, 0.717) is 11.6 Å².